The summed E-state index contributed by atoms with van der Waals surface area (Å²) in [4.78, 5) is 17.6. The molecule has 0 atom stereocenters. The summed E-state index contributed by atoms with van der Waals surface area (Å²) in [5, 5.41) is 15.2. The van der Waals surface area contributed by atoms with Crippen molar-refractivity contribution in [2.45, 2.75) is 19.9 Å². The predicted molar refractivity (Wildman–Crippen MR) is 88.8 cm³/mol. The van der Waals surface area contributed by atoms with Crippen molar-refractivity contribution in [3.05, 3.63) is 30.7 Å². The Bertz CT molecular complexity index is 785. The lowest BCUT2D eigenvalue weighted by atomic mass is 10.4. The van der Waals surface area contributed by atoms with Crippen LogP contribution in [0.15, 0.2) is 30.7 Å². The third-order valence-electron chi connectivity index (χ3n) is 3.29. The van der Waals surface area contributed by atoms with Gasteiger partial charge < -0.3 is 20.3 Å². The van der Waals surface area contributed by atoms with Gasteiger partial charge in [-0.1, -0.05) is 6.07 Å². The lowest BCUT2D eigenvalue weighted by Crippen LogP contribution is -2.10. The van der Waals surface area contributed by atoms with Gasteiger partial charge in [-0.15, -0.1) is 0 Å². The van der Waals surface area contributed by atoms with E-state index in [-0.39, 0.29) is 12.6 Å². The van der Waals surface area contributed by atoms with Gasteiger partial charge in [-0.2, -0.15) is 9.97 Å². The molecule has 8 nitrogen and oxygen atoms in total. The summed E-state index contributed by atoms with van der Waals surface area (Å²) in [6.07, 6.45) is 3.45. The Kier molecular flexibility index (Phi) is 4.33. The minimum atomic E-state index is 0.0133. The Labute approximate surface area is 133 Å². The molecule has 0 spiro atoms. The minimum absolute atomic E-state index is 0.0133. The van der Waals surface area contributed by atoms with Crippen molar-refractivity contribution >= 4 is 28.7 Å². The normalized spacial score (nSPS) is 11.1. The molecule has 0 saturated heterocycles. The number of fused-ring (bicyclic) bond motifs is 1. The lowest BCUT2D eigenvalue weighted by Gasteiger charge is -2.11. The van der Waals surface area contributed by atoms with Crippen molar-refractivity contribution in [2.75, 3.05) is 23.8 Å². The number of rotatable bonds is 6. The van der Waals surface area contributed by atoms with Crippen LogP contribution in [-0.4, -0.2) is 42.8 Å². The van der Waals surface area contributed by atoms with Crippen LogP contribution in [0.3, 0.4) is 0 Å². The van der Waals surface area contributed by atoms with Gasteiger partial charge >= 0.3 is 0 Å². The van der Waals surface area contributed by atoms with Crippen molar-refractivity contribution < 1.29 is 5.11 Å². The van der Waals surface area contributed by atoms with E-state index in [1.807, 2.05) is 22.8 Å². The van der Waals surface area contributed by atoms with Gasteiger partial charge in [-0.3, -0.25) is 0 Å². The van der Waals surface area contributed by atoms with Crippen LogP contribution < -0.4 is 10.6 Å². The zero-order valence-corrected chi connectivity index (χ0v) is 13.1. The fraction of sp³-hybridized carbons (Fsp3) is 0.333. The van der Waals surface area contributed by atoms with Gasteiger partial charge in [0.2, 0.25) is 5.95 Å². The molecule has 0 amide bonds. The van der Waals surface area contributed by atoms with Gasteiger partial charge in [0.25, 0.3) is 0 Å². The van der Waals surface area contributed by atoms with Crippen LogP contribution in [0.2, 0.25) is 0 Å². The highest BCUT2D eigenvalue weighted by molar-refractivity contribution is 5.84. The van der Waals surface area contributed by atoms with Crippen molar-refractivity contribution in [3.8, 4) is 0 Å². The number of nitrogens with one attached hydrogen (secondary N) is 2. The smallest absolute Gasteiger partial charge is 0.232 e. The molecular formula is C15H19N7O. The highest BCUT2D eigenvalue weighted by Crippen LogP contribution is 2.24. The van der Waals surface area contributed by atoms with Crippen molar-refractivity contribution in [1.82, 2.24) is 24.5 Å². The number of nitrogens with zero attached hydrogens (tertiary/aromatic N) is 5. The van der Waals surface area contributed by atoms with Crippen LogP contribution in [0.25, 0.3) is 11.2 Å². The van der Waals surface area contributed by atoms with E-state index in [2.05, 4.69) is 44.4 Å². The van der Waals surface area contributed by atoms with Crippen LogP contribution in [0.5, 0.6) is 0 Å². The highest BCUT2D eigenvalue weighted by Gasteiger charge is 2.14. The predicted octanol–water partition coefficient (Wildman–Crippen LogP) is 1.95. The quantitative estimate of drug-likeness (QED) is 0.639. The molecule has 3 aromatic rings. The average Bonchev–Trinajstić information content (AvgIpc) is 2.98. The number of anilines is 3. The Hall–Kier alpha value is -2.74. The molecule has 120 valence electrons. The monoisotopic (exact) mass is 313 g/mol. The van der Waals surface area contributed by atoms with Gasteiger partial charge in [0, 0.05) is 18.8 Å². The average molecular weight is 313 g/mol. The molecule has 0 aromatic carbocycles. The van der Waals surface area contributed by atoms with Crippen LogP contribution in [-0.2, 0) is 0 Å². The van der Waals surface area contributed by atoms with Crippen LogP contribution >= 0.6 is 0 Å². The standard InChI is InChI=1S/C15H19N7O/c1-10(2)22-9-18-12-13(17-7-8-23)20-15(21-14(12)22)19-11-5-3-4-6-16-11/h3-6,9-10,23H,7-8H2,1-2H3,(H2,16,17,19,20,21). The second-order valence-corrected chi connectivity index (χ2v) is 5.30. The third kappa shape index (κ3) is 3.21. The SMILES string of the molecule is CC(C)n1cnc2c(NCCO)nc(Nc3ccccn3)nc21. The molecule has 3 N–H and O–H groups in total. The first-order chi connectivity index (χ1) is 11.2. The molecule has 0 fully saturated rings. The molecule has 3 aromatic heterocycles. The van der Waals surface area contributed by atoms with E-state index >= 15 is 0 Å². The zero-order chi connectivity index (χ0) is 16.2. The maximum absolute atomic E-state index is 9.04. The molecule has 0 aliphatic rings. The molecule has 0 saturated carbocycles. The number of aliphatic hydroxyl groups excluding tert-OH is 1. The van der Waals surface area contributed by atoms with Gasteiger partial charge in [-0.25, -0.2) is 9.97 Å². The van der Waals surface area contributed by atoms with E-state index in [4.69, 9.17) is 5.11 Å². The van der Waals surface area contributed by atoms with Crippen LogP contribution in [0, 0.1) is 0 Å². The summed E-state index contributed by atoms with van der Waals surface area (Å²) in [7, 11) is 0. The third-order valence-corrected chi connectivity index (χ3v) is 3.29. The van der Waals surface area contributed by atoms with Crippen LogP contribution in [0.1, 0.15) is 19.9 Å². The maximum Gasteiger partial charge on any atom is 0.232 e. The molecule has 0 radical (unpaired) electrons. The van der Waals surface area contributed by atoms with Gasteiger partial charge in [-0.05, 0) is 26.0 Å². The maximum atomic E-state index is 9.04. The number of aliphatic hydroxyl groups is 1. The summed E-state index contributed by atoms with van der Waals surface area (Å²) in [6.45, 7) is 4.54. The van der Waals surface area contributed by atoms with E-state index in [0.29, 0.717) is 29.6 Å². The molecule has 3 heterocycles. The van der Waals surface area contributed by atoms with Gasteiger partial charge in [0.1, 0.15) is 5.82 Å². The van der Waals surface area contributed by atoms with Crippen molar-refractivity contribution in [2.24, 2.45) is 0 Å². The van der Waals surface area contributed by atoms with Crippen molar-refractivity contribution in [3.63, 3.8) is 0 Å². The molecule has 0 bridgehead atoms. The first kappa shape index (κ1) is 15.2. The van der Waals surface area contributed by atoms with Crippen molar-refractivity contribution in [1.29, 1.82) is 0 Å². The molecule has 3 rings (SSSR count). The summed E-state index contributed by atoms with van der Waals surface area (Å²) in [6, 6.07) is 5.80. The summed E-state index contributed by atoms with van der Waals surface area (Å²) in [5.74, 6) is 1.68. The molecule has 23 heavy (non-hydrogen) atoms. The fourth-order valence-electron chi connectivity index (χ4n) is 2.20. The number of hydrogen-bond donors (Lipinski definition) is 3. The van der Waals surface area contributed by atoms with E-state index < -0.39 is 0 Å². The Balaban J connectivity index is 2.05. The molecule has 0 aliphatic heterocycles. The zero-order valence-electron chi connectivity index (χ0n) is 13.1. The van der Waals surface area contributed by atoms with Gasteiger partial charge in [0.05, 0.1) is 12.9 Å². The van der Waals surface area contributed by atoms with E-state index in [0.717, 1.165) is 5.65 Å². The largest absolute Gasteiger partial charge is 0.395 e. The Morgan fingerprint density at radius 2 is 2.09 bits per heavy atom. The molecule has 0 unspecified atom stereocenters. The summed E-state index contributed by atoms with van der Waals surface area (Å²) >= 11 is 0. The number of pyridine rings is 1. The van der Waals surface area contributed by atoms with E-state index in [9.17, 15) is 0 Å². The highest BCUT2D eigenvalue weighted by atomic mass is 16.3. The van der Waals surface area contributed by atoms with E-state index in [1.165, 1.54) is 0 Å². The molecule has 8 heteroatoms. The topological polar surface area (TPSA) is 101 Å². The number of imidazole rings is 1. The molecular weight excluding hydrogens is 294 g/mol. The second kappa shape index (κ2) is 6.57. The fourth-order valence-corrected chi connectivity index (χ4v) is 2.20. The Morgan fingerprint density at radius 3 is 2.78 bits per heavy atom. The lowest BCUT2D eigenvalue weighted by molar-refractivity contribution is 0.311. The van der Waals surface area contributed by atoms with Crippen LogP contribution in [0.4, 0.5) is 17.6 Å². The first-order valence-corrected chi connectivity index (χ1v) is 7.46. The number of hydrogen-bond acceptors (Lipinski definition) is 7. The van der Waals surface area contributed by atoms with E-state index in [1.54, 1.807) is 12.5 Å². The Morgan fingerprint density at radius 1 is 1.22 bits per heavy atom. The molecule has 0 aliphatic carbocycles. The second-order valence-electron chi connectivity index (χ2n) is 5.30. The van der Waals surface area contributed by atoms with Gasteiger partial charge in [0.15, 0.2) is 17.0 Å². The summed E-state index contributed by atoms with van der Waals surface area (Å²) in [5.41, 5.74) is 1.41. The summed E-state index contributed by atoms with van der Waals surface area (Å²) < 4.78 is 1.98. The number of aromatic nitrogens is 5. The minimum Gasteiger partial charge on any atom is -0.395 e. The first-order valence-electron chi connectivity index (χ1n) is 7.46.